The number of nitrogens with zero attached hydrogens (tertiary/aromatic N) is 2. The number of ether oxygens (including phenoxy) is 2. The van der Waals surface area contributed by atoms with E-state index in [2.05, 4.69) is 5.32 Å². The Morgan fingerprint density at radius 2 is 1.77 bits per heavy atom. The molecule has 8 nitrogen and oxygen atoms in total. The van der Waals surface area contributed by atoms with Crippen molar-refractivity contribution in [3.63, 3.8) is 0 Å². The molecular weight excluding hydrogens is 530 g/mol. The van der Waals surface area contributed by atoms with E-state index >= 15 is 0 Å². The van der Waals surface area contributed by atoms with E-state index in [1.807, 2.05) is 75.4 Å². The SMILES string of the molecule is CCOC(=O)c1cc(-c2ccccc2)nn([C@H]2CC[C@](CNC(=O)OC(C)(C)C)(c3cccc(Cl)c3)CC2)c1=O. The highest BCUT2D eigenvalue weighted by atomic mass is 35.5. The van der Waals surface area contributed by atoms with Crippen molar-refractivity contribution in [2.24, 2.45) is 0 Å². The molecule has 0 unspecified atom stereocenters. The topological polar surface area (TPSA) is 99.5 Å². The molecule has 0 aliphatic heterocycles. The van der Waals surface area contributed by atoms with Crippen LogP contribution in [0, 0.1) is 0 Å². The van der Waals surface area contributed by atoms with Gasteiger partial charge in [0, 0.05) is 22.5 Å². The number of aromatic nitrogens is 2. The largest absolute Gasteiger partial charge is 0.462 e. The van der Waals surface area contributed by atoms with Gasteiger partial charge in [0.05, 0.1) is 18.3 Å². The van der Waals surface area contributed by atoms with E-state index in [9.17, 15) is 14.4 Å². The van der Waals surface area contributed by atoms with Crippen LogP contribution < -0.4 is 10.9 Å². The lowest BCUT2D eigenvalue weighted by Crippen LogP contribution is -2.46. The molecule has 1 fully saturated rings. The quantitative estimate of drug-likeness (QED) is 0.337. The lowest BCUT2D eigenvalue weighted by Gasteiger charge is -2.41. The van der Waals surface area contributed by atoms with Gasteiger partial charge in [-0.1, -0.05) is 54.1 Å². The Kier molecular flexibility index (Phi) is 8.98. The predicted octanol–water partition coefficient (Wildman–Crippen LogP) is 6.32. The van der Waals surface area contributed by atoms with Gasteiger partial charge in [0.1, 0.15) is 11.2 Å². The Bertz CT molecular complexity index is 1410. The summed E-state index contributed by atoms with van der Waals surface area (Å²) in [4.78, 5) is 38.8. The molecule has 4 rings (SSSR count). The first-order chi connectivity index (χ1) is 19.0. The second-order valence-corrected chi connectivity index (χ2v) is 11.6. The van der Waals surface area contributed by atoms with Gasteiger partial charge in [-0.15, -0.1) is 0 Å². The summed E-state index contributed by atoms with van der Waals surface area (Å²) >= 11 is 6.36. The van der Waals surface area contributed by atoms with Crippen LogP contribution in [0.15, 0.2) is 65.5 Å². The van der Waals surface area contributed by atoms with Crippen molar-refractivity contribution in [3.8, 4) is 11.3 Å². The third-order valence-electron chi connectivity index (χ3n) is 7.17. The normalized spacial score (nSPS) is 19.1. The third-order valence-corrected chi connectivity index (χ3v) is 7.40. The summed E-state index contributed by atoms with van der Waals surface area (Å²) in [6.07, 6.45) is 2.05. The van der Waals surface area contributed by atoms with Crippen LogP contribution >= 0.6 is 11.6 Å². The molecule has 1 aromatic heterocycles. The summed E-state index contributed by atoms with van der Waals surface area (Å²) in [7, 11) is 0. The van der Waals surface area contributed by atoms with E-state index in [0.717, 1.165) is 11.1 Å². The lowest BCUT2D eigenvalue weighted by molar-refractivity contribution is 0.0502. The van der Waals surface area contributed by atoms with Gasteiger partial charge >= 0.3 is 12.1 Å². The minimum absolute atomic E-state index is 0.0334. The van der Waals surface area contributed by atoms with Crippen LogP contribution in [0.3, 0.4) is 0 Å². The van der Waals surface area contributed by atoms with Gasteiger partial charge in [-0.2, -0.15) is 5.10 Å². The predicted molar refractivity (Wildman–Crippen MR) is 155 cm³/mol. The molecule has 9 heteroatoms. The van der Waals surface area contributed by atoms with Crippen molar-refractivity contribution in [1.82, 2.24) is 15.1 Å². The van der Waals surface area contributed by atoms with Crippen molar-refractivity contribution >= 4 is 23.7 Å². The Hall–Kier alpha value is -3.65. The number of carbonyl (C=O) groups excluding carboxylic acids is 2. The first-order valence-electron chi connectivity index (χ1n) is 13.6. The Labute approximate surface area is 239 Å². The maximum absolute atomic E-state index is 13.5. The molecule has 40 heavy (non-hydrogen) atoms. The fraction of sp³-hybridized carbons (Fsp3) is 0.419. The molecular formula is C31H36ClN3O5. The van der Waals surface area contributed by atoms with Gasteiger partial charge in [-0.3, -0.25) is 4.79 Å². The Morgan fingerprint density at radius 3 is 2.40 bits per heavy atom. The summed E-state index contributed by atoms with van der Waals surface area (Å²) in [6.45, 7) is 7.70. The van der Waals surface area contributed by atoms with Crippen LogP contribution in [0.1, 0.15) is 75.3 Å². The number of amides is 1. The van der Waals surface area contributed by atoms with Gasteiger partial charge in [-0.05, 0) is 77.1 Å². The minimum Gasteiger partial charge on any atom is -0.462 e. The second-order valence-electron chi connectivity index (χ2n) is 11.2. The summed E-state index contributed by atoms with van der Waals surface area (Å²) in [5.41, 5.74) is 0.814. The van der Waals surface area contributed by atoms with Crippen molar-refractivity contribution in [2.75, 3.05) is 13.2 Å². The molecule has 1 aliphatic rings. The van der Waals surface area contributed by atoms with E-state index in [1.54, 1.807) is 6.92 Å². The fourth-order valence-corrected chi connectivity index (χ4v) is 5.40. The molecule has 2 aromatic carbocycles. The van der Waals surface area contributed by atoms with Crippen LogP contribution in [0.25, 0.3) is 11.3 Å². The number of rotatable bonds is 7. The average molecular weight is 566 g/mol. The number of nitrogens with one attached hydrogen (secondary N) is 1. The van der Waals surface area contributed by atoms with Crippen LogP contribution in [-0.2, 0) is 14.9 Å². The summed E-state index contributed by atoms with van der Waals surface area (Å²) < 4.78 is 12.1. The molecule has 0 radical (unpaired) electrons. The van der Waals surface area contributed by atoms with Gasteiger partial charge in [0.2, 0.25) is 0 Å². The van der Waals surface area contributed by atoms with Gasteiger partial charge in [0.25, 0.3) is 5.56 Å². The number of alkyl carbamates (subject to hydrolysis) is 1. The van der Waals surface area contributed by atoms with Crippen LogP contribution in [0.4, 0.5) is 4.79 Å². The molecule has 3 aromatic rings. The highest BCUT2D eigenvalue weighted by molar-refractivity contribution is 6.30. The van der Waals surface area contributed by atoms with E-state index in [0.29, 0.717) is 42.9 Å². The molecule has 1 saturated carbocycles. The summed E-state index contributed by atoms with van der Waals surface area (Å²) in [5.74, 6) is -0.661. The highest BCUT2D eigenvalue weighted by Gasteiger charge is 2.39. The zero-order valence-electron chi connectivity index (χ0n) is 23.4. The number of hydrogen-bond donors (Lipinski definition) is 1. The third kappa shape index (κ3) is 6.91. The highest BCUT2D eigenvalue weighted by Crippen LogP contribution is 2.43. The smallest absolute Gasteiger partial charge is 0.407 e. The second kappa shape index (κ2) is 12.3. The Morgan fingerprint density at radius 1 is 1.07 bits per heavy atom. The number of esters is 1. The number of benzene rings is 2. The van der Waals surface area contributed by atoms with E-state index in [-0.39, 0.29) is 18.2 Å². The standard InChI is InChI=1S/C31H36ClN3O5/c1-5-39-28(37)25-19-26(21-10-7-6-8-11-21)34-35(27(25)36)24-14-16-31(17-15-24,22-12-9-13-23(32)18-22)20-33-29(38)40-30(2,3)4/h6-13,18-19,24H,5,14-17,20H2,1-4H3,(H,33,38)/t24-,31-. The van der Waals surface area contributed by atoms with Crippen LogP contribution in [0.5, 0.6) is 0 Å². The molecule has 0 bridgehead atoms. The summed E-state index contributed by atoms with van der Waals surface area (Å²) in [5, 5.41) is 8.27. The van der Waals surface area contributed by atoms with E-state index in [1.165, 1.54) is 10.7 Å². The number of carbonyl (C=O) groups is 2. The molecule has 1 amide bonds. The van der Waals surface area contributed by atoms with Crippen LogP contribution in [0.2, 0.25) is 5.02 Å². The van der Waals surface area contributed by atoms with E-state index < -0.39 is 28.6 Å². The zero-order chi connectivity index (χ0) is 28.9. The first kappa shape index (κ1) is 29.3. The molecule has 0 spiro atoms. The average Bonchev–Trinajstić information content (AvgIpc) is 2.92. The van der Waals surface area contributed by atoms with E-state index in [4.69, 9.17) is 26.2 Å². The lowest BCUT2D eigenvalue weighted by atomic mass is 9.68. The number of hydrogen-bond acceptors (Lipinski definition) is 6. The first-order valence-corrected chi connectivity index (χ1v) is 14.0. The summed E-state index contributed by atoms with van der Waals surface area (Å²) in [6, 6.07) is 18.4. The zero-order valence-corrected chi connectivity index (χ0v) is 24.2. The molecule has 212 valence electrons. The van der Waals surface area contributed by atoms with Crippen molar-refractivity contribution < 1.29 is 19.1 Å². The molecule has 0 atom stereocenters. The van der Waals surface area contributed by atoms with Crippen molar-refractivity contribution in [2.45, 2.75) is 70.4 Å². The van der Waals surface area contributed by atoms with Gasteiger partial charge in [0.15, 0.2) is 0 Å². The van der Waals surface area contributed by atoms with Crippen molar-refractivity contribution in [3.05, 3.63) is 87.2 Å². The molecule has 0 saturated heterocycles. The maximum atomic E-state index is 13.5. The minimum atomic E-state index is -0.661. The van der Waals surface area contributed by atoms with Gasteiger partial charge < -0.3 is 14.8 Å². The monoisotopic (exact) mass is 565 g/mol. The van der Waals surface area contributed by atoms with Crippen molar-refractivity contribution in [1.29, 1.82) is 0 Å². The maximum Gasteiger partial charge on any atom is 0.407 e. The fourth-order valence-electron chi connectivity index (χ4n) is 5.21. The molecule has 1 aliphatic carbocycles. The number of halogens is 1. The van der Waals surface area contributed by atoms with Gasteiger partial charge in [-0.25, -0.2) is 14.3 Å². The Balaban J connectivity index is 1.65. The molecule has 1 heterocycles. The van der Waals surface area contributed by atoms with Crippen LogP contribution in [-0.4, -0.2) is 40.6 Å². The molecule has 1 N–H and O–H groups in total.